The minimum Gasteiger partial charge on any atom is -0.352 e. The number of halogens is 2. The van der Waals surface area contributed by atoms with Crippen LogP contribution in [0.3, 0.4) is 0 Å². The first-order chi connectivity index (χ1) is 19.0. The second kappa shape index (κ2) is 14.3. The van der Waals surface area contributed by atoms with Crippen LogP contribution in [0.2, 0.25) is 5.02 Å². The summed E-state index contributed by atoms with van der Waals surface area (Å²) in [5, 5.41) is 3.43. The molecule has 1 atom stereocenters. The van der Waals surface area contributed by atoms with E-state index in [1.165, 1.54) is 23.1 Å². The van der Waals surface area contributed by atoms with Gasteiger partial charge in [-0.25, -0.2) is 12.8 Å². The van der Waals surface area contributed by atoms with Crippen LogP contribution in [0, 0.1) is 5.82 Å². The van der Waals surface area contributed by atoms with Crippen LogP contribution < -0.4 is 9.62 Å². The molecule has 0 aliphatic carbocycles. The third kappa shape index (κ3) is 9.06. The molecule has 0 aliphatic rings. The third-order valence-electron chi connectivity index (χ3n) is 6.22. The third-order valence-corrected chi connectivity index (χ3v) is 7.63. The number of benzene rings is 3. The van der Waals surface area contributed by atoms with Crippen molar-refractivity contribution in [2.75, 3.05) is 17.1 Å². The smallest absolute Gasteiger partial charge is 0.243 e. The number of hydrogen-bond donors (Lipinski definition) is 1. The van der Waals surface area contributed by atoms with Gasteiger partial charge in [-0.15, -0.1) is 0 Å². The van der Waals surface area contributed by atoms with Crippen molar-refractivity contribution in [3.8, 4) is 0 Å². The van der Waals surface area contributed by atoms with Crippen LogP contribution >= 0.6 is 11.6 Å². The Hall–Kier alpha value is -3.43. The summed E-state index contributed by atoms with van der Waals surface area (Å²) in [5.41, 5.74) is 1.56. The zero-order valence-corrected chi connectivity index (χ0v) is 24.5. The highest BCUT2D eigenvalue weighted by Gasteiger charge is 2.31. The van der Waals surface area contributed by atoms with Gasteiger partial charge in [-0.3, -0.25) is 13.9 Å². The molecule has 0 bridgehead atoms. The summed E-state index contributed by atoms with van der Waals surface area (Å²) in [4.78, 5) is 28.7. The molecule has 0 saturated heterocycles. The highest BCUT2D eigenvalue weighted by Crippen LogP contribution is 2.23. The Labute approximate surface area is 241 Å². The van der Waals surface area contributed by atoms with Crippen molar-refractivity contribution >= 4 is 39.1 Å². The summed E-state index contributed by atoms with van der Waals surface area (Å²) in [6.45, 7) is 3.73. The predicted octanol–water partition coefficient (Wildman–Crippen LogP) is 5.19. The Morgan fingerprint density at radius 1 is 0.950 bits per heavy atom. The van der Waals surface area contributed by atoms with Gasteiger partial charge in [-0.1, -0.05) is 66.2 Å². The van der Waals surface area contributed by atoms with E-state index in [1.807, 2.05) is 50.2 Å². The Morgan fingerprint density at radius 3 is 2.23 bits per heavy atom. The molecule has 0 spiro atoms. The van der Waals surface area contributed by atoms with E-state index < -0.39 is 21.9 Å². The molecule has 0 saturated carbocycles. The van der Waals surface area contributed by atoms with Crippen LogP contribution in [-0.2, 0) is 32.6 Å². The van der Waals surface area contributed by atoms with Crippen molar-refractivity contribution < 1.29 is 22.4 Å². The lowest BCUT2D eigenvalue weighted by Crippen LogP contribution is -2.51. The van der Waals surface area contributed by atoms with Crippen LogP contribution in [-0.4, -0.2) is 50.0 Å². The SMILES string of the molecule is CC(C)NC(=O)C(Cc1ccccc1)N(Cc1cccc(Cl)c1)C(=O)CCCN(c1ccccc1F)S(C)(=O)=O. The van der Waals surface area contributed by atoms with Gasteiger partial charge in [0.15, 0.2) is 0 Å². The summed E-state index contributed by atoms with van der Waals surface area (Å²) in [7, 11) is -3.81. The molecule has 3 aromatic carbocycles. The maximum atomic E-state index is 14.4. The maximum absolute atomic E-state index is 14.4. The Kier molecular flexibility index (Phi) is 11.1. The van der Waals surface area contributed by atoms with E-state index in [0.29, 0.717) is 5.02 Å². The summed E-state index contributed by atoms with van der Waals surface area (Å²) >= 11 is 6.20. The largest absolute Gasteiger partial charge is 0.352 e. The standard InChI is InChI=1S/C30H35ClFN3O4S/c1-22(2)33-30(37)28(20-23-11-5-4-6-12-23)34(21-24-13-9-14-25(31)19-24)29(36)17-10-18-35(40(3,38)39)27-16-8-7-15-26(27)32/h4-9,11-16,19,22,28H,10,17-18,20-21H2,1-3H3,(H,33,37). The number of carbonyl (C=O) groups is 2. The molecule has 40 heavy (non-hydrogen) atoms. The van der Waals surface area contributed by atoms with Crippen molar-refractivity contribution in [2.24, 2.45) is 0 Å². The molecule has 0 heterocycles. The summed E-state index contributed by atoms with van der Waals surface area (Å²) in [6.07, 6.45) is 1.35. The number of hydrogen-bond acceptors (Lipinski definition) is 4. The average Bonchev–Trinajstić information content (AvgIpc) is 2.88. The molecule has 0 aromatic heterocycles. The van der Waals surface area contributed by atoms with Gasteiger partial charge in [0.1, 0.15) is 11.9 Å². The highest BCUT2D eigenvalue weighted by molar-refractivity contribution is 7.92. The number of rotatable bonds is 13. The molecule has 1 N–H and O–H groups in total. The van der Waals surface area contributed by atoms with Gasteiger partial charge in [0.2, 0.25) is 21.8 Å². The summed E-state index contributed by atoms with van der Waals surface area (Å²) in [6, 6.07) is 21.1. The zero-order chi connectivity index (χ0) is 29.3. The molecule has 3 rings (SSSR count). The molecular weight excluding hydrogens is 553 g/mol. The quantitative estimate of drug-likeness (QED) is 0.298. The van der Waals surface area contributed by atoms with Crippen LogP contribution in [0.15, 0.2) is 78.9 Å². The van der Waals surface area contributed by atoms with E-state index in [2.05, 4.69) is 5.32 Å². The fourth-order valence-corrected chi connectivity index (χ4v) is 5.58. The summed E-state index contributed by atoms with van der Waals surface area (Å²) in [5.74, 6) is -1.30. The Bertz CT molecular complexity index is 1400. The minimum atomic E-state index is -3.81. The molecule has 7 nitrogen and oxygen atoms in total. The van der Waals surface area contributed by atoms with Gasteiger partial charge in [-0.05, 0) is 55.7 Å². The van der Waals surface area contributed by atoms with Crippen molar-refractivity contribution in [3.63, 3.8) is 0 Å². The predicted molar refractivity (Wildman–Crippen MR) is 157 cm³/mol. The molecular formula is C30H35ClFN3O4S. The van der Waals surface area contributed by atoms with Crippen molar-refractivity contribution in [1.82, 2.24) is 10.2 Å². The van der Waals surface area contributed by atoms with Gasteiger partial charge < -0.3 is 10.2 Å². The number of carbonyl (C=O) groups excluding carboxylic acids is 2. The highest BCUT2D eigenvalue weighted by atomic mass is 35.5. The van der Waals surface area contributed by atoms with Crippen LogP contribution in [0.25, 0.3) is 0 Å². The molecule has 214 valence electrons. The van der Waals surface area contributed by atoms with E-state index in [0.717, 1.165) is 21.7 Å². The van der Waals surface area contributed by atoms with Gasteiger partial charge in [0, 0.05) is 37.0 Å². The van der Waals surface area contributed by atoms with Crippen LogP contribution in [0.4, 0.5) is 10.1 Å². The molecule has 0 radical (unpaired) electrons. The first kappa shape index (κ1) is 31.1. The minimum absolute atomic E-state index is 0.0543. The number of sulfonamides is 1. The lowest BCUT2D eigenvalue weighted by Gasteiger charge is -2.32. The first-order valence-electron chi connectivity index (χ1n) is 13.1. The Balaban J connectivity index is 1.89. The van der Waals surface area contributed by atoms with E-state index in [-0.39, 0.29) is 55.9 Å². The zero-order valence-electron chi connectivity index (χ0n) is 22.9. The number of anilines is 1. The second-order valence-corrected chi connectivity index (χ2v) is 12.3. The normalized spacial score (nSPS) is 12.2. The van der Waals surface area contributed by atoms with E-state index in [4.69, 9.17) is 11.6 Å². The maximum Gasteiger partial charge on any atom is 0.243 e. The monoisotopic (exact) mass is 587 g/mol. The fraction of sp³-hybridized carbons (Fsp3) is 0.333. The van der Waals surface area contributed by atoms with E-state index in [1.54, 1.807) is 24.3 Å². The molecule has 2 amide bonds. The van der Waals surface area contributed by atoms with E-state index in [9.17, 15) is 22.4 Å². The van der Waals surface area contributed by atoms with Crippen molar-refractivity contribution in [2.45, 2.75) is 51.7 Å². The second-order valence-electron chi connectivity index (χ2n) is 9.91. The fourth-order valence-electron chi connectivity index (χ4n) is 4.40. The lowest BCUT2D eigenvalue weighted by atomic mass is 10.0. The van der Waals surface area contributed by atoms with Crippen LogP contribution in [0.5, 0.6) is 0 Å². The van der Waals surface area contributed by atoms with Gasteiger partial charge in [0.05, 0.1) is 11.9 Å². The Morgan fingerprint density at radius 2 is 1.60 bits per heavy atom. The molecule has 10 heteroatoms. The summed E-state index contributed by atoms with van der Waals surface area (Å²) < 4.78 is 40.3. The molecule has 3 aromatic rings. The molecule has 1 unspecified atom stereocenters. The average molecular weight is 588 g/mol. The topological polar surface area (TPSA) is 86.8 Å². The van der Waals surface area contributed by atoms with Gasteiger partial charge in [-0.2, -0.15) is 0 Å². The molecule has 0 fully saturated rings. The number of nitrogens with zero attached hydrogens (tertiary/aromatic N) is 2. The number of nitrogens with one attached hydrogen (secondary N) is 1. The number of amides is 2. The van der Waals surface area contributed by atoms with Crippen molar-refractivity contribution in [3.05, 3.63) is 101 Å². The van der Waals surface area contributed by atoms with Crippen LogP contribution in [0.1, 0.15) is 37.8 Å². The number of para-hydroxylation sites is 1. The first-order valence-corrected chi connectivity index (χ1v) is 15.3. The molecule has 0 aliphatic heterocycles. The van der Waals surface area contributed by atoms with Crippen molar-refractivity contribution in [1.29, 1.82) is 0 Å². The van der Waals surface area contributed by atoms with E-state index >= 15 is 0 Å². The lowest BCUT2D eigenvalue weighted by molar-refractivity contribution is -0.141. The van der Waals surface area contributed by atoms with Gasteiger partial charge in [0.25, 0.3) is 0 Å². The van der Waals surface area contributed by atoms with Gasteiger partial charge >= 0.3 is 0 Å².